The van der Waals surface area contributed by atoms with Crippen molar-refractivity contribution in [2.75, 3.05) is 32.3 Å². The van der Waals surface area contributed by atoms with Gasteiger partial charge in [0.15, 0.2) is 28.7 Å². The summed E-state index contributed by atoms with van der Waals surface area (Å²) in [4.78, 5) is 12.5. The first-order valence-electron chi connectivity index (χ1n) is 11.6. The lowest BCUT2D eigenvalue weighted by Crippen LogP contribution is -2.32. The molecule has 2 aromatic heterocycles. The molecule has 0 amide bonds. The van der Waals surface area contributed by atoms with Crippen LogP contribution >= 0.6 is 26.8 Å². The summed E-state index contributed by atoms with van der Waals surface area (Å²) in [5.41, 5.74) is 0.878. The van der Waals surface area contributed by atoms with Gasteiger partial charge in [-0.25, -0.2) is 15.0 Å². The Morgan fingerprint density at radius 2 is 1.58 bits per heavy atom. The predicted octanol–water partition coefficient (Wildman–Crippen LogP) is 4.37. The third-order valence-electron chi connectivity index (χ3n) is 5.47. The number of aromatic nitrogens is 4. The summed E-state index contributed by atoms with van der Waals surface area (Å²) >= 11 is 6.16. The summed E-state index contributed by atoms with van der Waals surface area (Å²) in [5, 5.41) is 0.211. The number of nitrogens with zero attached hydrogens (tertiary/aromatic N) is 4. The zero-order valence-corrected chi connectivity index (χ0v) is 23.3. The van der Waals surface area contributed by atoms with Crippen molar-refractivity contribution in [1.82, 2.24) is 19.5 Å². The third-order valence-corrected chi connectivity index (χ3v) is 11.0. The highest BCUT2D eigenvalue weighted by Gasteiger charge is 2.56. The largest absolute Gasteiger partial charge is 0.347 e. The molecule has 0 bridgehead atoms. The smallest absolute Gasteiger partial charge is 0.342 e. The molecule has 0 saturated carbocycles. The van der Waals surface area contributed by atoms with Gasteiger partial charge in [-0.3, -0.25) is 13.7 Å². The maximum Gasteiger partial charge on any atom is 0.342 e. The van der Waals surface area contributed by atoms with Crippen molar-refractivity contribution in [3.8, 4) is 0 Å². The summed E-state index contributed by atoms with van der Waals surface area (Å²) in [5.74, 6) is -1.42. The molecule has 36 heavy (non-hydrogen) atoms. The lowest BCUT2D eigenvalue weighted by molar-refractivity contribution is -0.199. The van der Waals surface area contributed by atoms with Gasteiger partial charge in [-0.2, -0.15) is 0 Å². The number of imidazole rings is 1. The van der Waals surface area contributed by atoms with E-state index in [1.165, 1.54) is 12.7 Å². The standard InChI is InChI=1S/C20H31ClN4O9P2/c1-6-28-35(26,29-7-2)12-36(27,30-8-3)31-9-13-15-16(34-20(4,5)33-15)19(32-13)25-11-24-14-17(21)22-10-23-18(14)25/h10-11,13,15-16,19H,6-9,12H2,1-5H3/t13-,15-,16-,19-,36?/m1/s1. The molecule has 0 aromatic carbocycles. The highest BCUT2D eigenvalue weighted by molar-refractivity contribution is 7.71. The zero-order chi connectivity index (χ0) is 26.1. The second-order valence-electron chi connectivity index (χ2n) is 8.53. The highest BCUT2D eigenvalue weighted by atomic mass is 35.5. The topological polar surface area (TPSA) is 142 Å². The second kappa shape index (κ2) is 11.0. The molecule has 5 atom stereocenters. The van der Waals surface area contributed by atoms with E-state index in [9.17, 15) is 9.13 Å². The van der Waals surface area contributed by atoms with Crippen LogP contribution in [0, 0.1) is 0 Å². The molecule has 16 heteroatoms. The molecule has 2 aliphatic rings. The van der Waals surface area contributed by atoms with Crippen LogP contribution in [0.5, 0.6) is 0 Å². The Morgan fingerprint density at radius 1 is 0.972 bits per heavy atom. The molecule has 2 aliphatic heterocycles. The summed E-state index contributed by atoms with van der Waals surface area (Å²) in [6, 6.07) is 0. The first-order valence-corrected chi connectivity index (χ1v) is 15.5. The molecular weight excluding hydrogens is 538 g/mol. The number of rotatable bonds is 12. The zero-order valence-electron chi connectivity index (χ0n) is 20.7. The molecule has 4 rings (SSSR count). The number of fused-ring (bicyclic) bond motifs is 2. The first kappa shape index (κ1) is 28.0. The third kappa shape index (κ3) is 5.86. The van der Waals surface area contributed by atoms with Crippen LogP contribution in [0.4, 0.5) is 0 Å². The van der Waals surface area contributed by atoms with Crippen LogP contribution in [0.25, 0.3) is 11.2 Å². The number of ether oxygens (including phenoxy) is 3. The lowest BCUT2D eigenvalue weighted by atomic mass is 10.1. The fraction of sp³-hybridized carbons (Fsp3) is 0.750. The summed E-state index contributed by atoms with van der Waals surface area (Å²) < 4.78 is 68.5. The second-order valence-corrected chi connectivity index (χ2v) is 13.5. The highest BCUT2D eigenvalue weighted by Crippen LogP contribution is 2.64. The van der Waals surface area contributed by atoms with Crippen molar-refractivity contribution in [3.05, 3.63) is 17.8 Å². The van der Waals surface area contributed by atoms with Gasteiger partial charge >= 0.3 is 15.2 Å². The van der Waals surface area contributed by atoms with Crippen LogP contribution in [0.1, 0.15) is 40.8 Å². The molecule has 202 valence electrons. The summed E-state index contributed by atoms with van der Waals surface area (Å²) in [6.45, 7) is 8.70. The molecule has 2 fully saturated rings. The quantitative estimate of drug-likeness (QED) is 0.265. The van der Waals surface area contributed by atoms with Crippen LogP contribution < -0.4 is 0 Å². The molecule has 0 spiro atoms. The van der Waals surface area contributed by atoms with E-state index in [1.54, 1.807) is 39.2 Å². The van der Waals surface area contributed by atoms with Crippen LogP contribution in [-0.4, -0.2) is 75.9 Å². The Morgan fingerprint density at radius 3 is 2.22 bits per heavy atom. The van der Waals surface area contributed by atoms with E-state index in [0.29, 0.717) is 11.2 Å². The van der Waals surface area contributed by atoms with E-state index in [4.69, 9.17) is 43.9 Å². The Balaban J connectivity index is 1.56. The number of hydrogen-bond donors (Lipinski definition) is 0. The van der Waals surface area contributed by atoms with Gasteiger partial charge in [0.05, 0.1) is 32.8 Å². The fourth-order valence-electron chi connectivity index (χ4n) is 4.25. The maximum absolute atomic E-state index is 13.5. The Hall–Kier alpha value is -0.980. The lowest BCUT2D eigenvalue weighted by Gasteiger charge is -2.26. The van der Waals surface area contributed by atoms with E-state index >= 15 is 0 Å². The van der Waals surface area contributed by atoms with Crippen molar-refractivity contribution in [1.29, 1.82) is 0 Å². The Bertz CT molecular complexity index is 1160. The minimum Gasteiger partial charge on any atom is -0.347 e. The molecule has 0 N–H and O–H groups in total. The Labute approximate surface area is 214 Å². The van der Waals surface area contributed by atoms with Gasteiger partial charge in [0.2, 0.25) is 0 Å². The van der Waals surface area contributed by atoms with Crippen LogP contribution in [0.15, 0.2) is 12.7 Å². The van der Waals surface area contributed by atoms with Crippen molar-refractivity contribution >= 4 is 38.0 Å². The van der Waals surface area contributed by atoms with Gasteiger partial charge in [0.1, 0.15) is 30.2 Å². The average molecular weight is 569 g/mol. The van der Waals surface area contributed by atoms with Gasteiger partial charge < -0.3 is 32.3 Å². The minimum atomic E-state index is -3.89. The molecule has 0 aliphatic carbocycles. The van der Waals surface area contributed by atoms with E-state index in [-0.39, 0.29) is 31.6 Å². The molecule has 0 radical (unpaired) electrons. The normalized spacial score (nSPS) is 27.4. The van der Waals surface area contributed by atoms with Gasteiger partial charge in [0.25, 0.3) is 0 Å². The van der Waals surface area contributed by atoms with Crippen LogP contribution in [0.3, 0.4) is 0 Å². The predicted molar refractivity (Wildman–Crippen MR) is 129 cm³/mol. The molecule has 4 heterocycles. The van der Waals surface area contributed by atoms with Crippen molar-refractivity contribution < 1.29 is 41.4 Å². The van der Waals surface area contributed by atoms with Gasteiger partial charge in [-0.1, -0.05) is 11.6 Å². The van der Waals surface area contributed by atoms with E-state index in [0.717, 1.165) is 0 Å². The first-order chi connectivity index (χ1) is 17.0. The van der Waals surface area contributed by atoms with E-state index < -0.39 is 51.4 Å². The summed E-state index contributed by atoms with van der Waals surface area (Å²) in [6.07, 6.45) is 0.356. The fourth-order valence-corrected chi connectivity index (χ4v) is 9.14. The minimum absolute atomic E-state index is 0.0733. The van der Waals surface area contributed by atoms with Crippen LogP contribution in [0.2, 0.25) is 5.15 Å². The molecule has 2 saturated heterocycles. The van der Waals surface area contributed by atoms with Crippen LogP contribution in [-0.2, 0) is 41.4 Å². The SMILES string of the molecule is CCOP(=O)(CP(=O)(OCC)OC[C@H]1O[C@@H](n2cnc3c(Cl)ncnc32)[C@@H]2OC(C)(C)O[C@@H]21)OCC. The number of hydrogen-bond acceptors (Lipinski definition) is 12. The Kier molecular flexibility index (Phi) is 8.58. The van der Waals surface area contributed by atoms with Gasteiger partial charge in [0, 0.05) is 0 Å². The van der Waals surface area contributed by atoms with Gasteiger partial charge in [-0.15, -0.1) is 0 Å². The number of halogens is 1. The monoisotopic (exact) mass is 568 g/mol. The van der Waals surface area contributed by atoms with E-state index in [1.807, 2.05) is 0 Å². The molecule has 2 aromatic rings. The van der Waals surface area contributed by atoms with E-state index in [2.05, 4.69) is 15.0 Å². The van der Waals surface area contributed by atoms with Crippen molar-refractivity contribution in [2.24, 2.45) is 0 Å². The molecule has 1 unspecified atom stereocenters. The molecular formula is C20H31ClN4O9P2. The maximum atomic E-state index is 13.5. The van der Waals surface area contributed by atoms with Crippen molar-refractivity contribution in [3.63, 3.8) is 0 Å². The summed E-state index contributed by atoms with van der Waals surface area (Å²) in [7, 11) is -7.60. The van der Waals surface area contributed by atoms with Crippen molar-refractivity contribution in [2.45, 2.75) is 64.9 Å². The average Bonchev–Trinajstić information content (AvgIpc) is 3.44. The molecule has 13 nitrogen and oxygen atoms in total. The van der Waals surface area contributed by atoms with Gasteiger partial charge in [-0.05, 0) is 34.6 Å².